The highest BCUT2D eigenvalue weighted by Crippen LogP contribution is 2.29. The van der Waals surface area contributed by atoms with Gasteiger partial charge < -0.3 is 14.8 Å². The summed E-state index contributed by atoms with van der Waals surface area (Å²) < 4.78 is 9.93. The van der Waals surface area contributed by atoms with E-state index in [2.05, 4.69) is 10.2 Å². The van der Waals surface area contributed by atoms with Crippen molar-refractivity contribution in [1.82, 2.24) is 4.90 Å². The molecule has 1 aromatic heterocycles. The molecule has 1 fully saturated rings. The molecule has 0 bridgehead atoms. The third-order valence-corrected chi connectivity index (χ3v) is 5.16. The molecule has 1 N–H and O–H groups in total. The molecular formula is C19H22N2O4S. The van der Waals surface area contributed by atoms with Crippen molar-refractivity contribution in [3.63, 3.8) is 0 Å². The van der Waals surface area contributed by atoms with Crippen LogP contribution in [0.5, 0.6) is 5.75 Å². The Labute approximate surface area is 156 Å². The van der Waals surface area contributed by atoms with E-state index in [1.54, 1.807) is 18.6 Å². The first-order valence-corrected chi connectivity index (χ1v) is 9.31. The summed E-state index contributed by atoms with van der Waals surface area (Å²) in [5.74, 6) is 0.249. The second-order valence-corrected chi connectivity index (χ2v) is 7.10. The smallest absolute Gasteiger partial charge is 0.350 e. The summed E-state index contributed by atoms with van der Waals surface area (Å²) in [5, 5.41) is 4.59. The summed E-state index contributed by atoms with van der Waals surface area (Å²) in [6.07, 6.45) is 2.21. The topological polar surface area (TPSA) is 67.9 Å². The van der Waals surface area contributed by atoms with Crippen LogP contribution in [0, 0.1) is 0 Å². The number of nitrogens with zero attached hydrogens (tertiary/aromatic N) is 1. The van der Waals surface area contributed by atoms with Crippen molar-refractivity contribution in [2.24, 2.45) is 0 Å². The molecule has 1 amide bonds. The largest absolute Gasteiger partial charge is 0.497 e. The highest BCUT2D eigenvalue weighted by Gasteiger charge is 2.30. The van der Waals surface area contributed by atoms with Gasteiger partial charge in [-0.15, -0.1) is 11.3 Å². The first-order valence-electron chi connectivity index (χ1n) is 8.43. The van der Waals surface area contributed by atoms with Crippen LogP contribution in [0.1, 0.15) is 28.1 Å². The maximum Gasteiger partial charge on any atom is 0.350 e. The zero-order chi connectivity index (χ0) is 18.5. The Morgan fingerprint density at radius 3 is 2.54 bits per heavy atom. The summed E-state index contributed by atoms with van der Waals surface area (Å²) in [6.45, 7) is 0.989. The van der Waals surface area contributed by atoms with Crippen LogP contribution >= 0.6 is 11.3 Å². The number of carbonyl (C=O) groups excluding carboxylic acids is 2. The maximum absolute atomic E-state index is 12.5. The molecule has 0 atom stereocenters. The minimum absolute atomic E-state index is 0.131. The van der Waals surface area contributed by atoms with Crippen LogP contribution in [0.4, 0.5) is 5.69 Å². The quantitative estimate of drug-likeness (QED) is 0.719. The number of esters is 1. The van der Waals surface area contributed by atoms with E-state index in [1.807, 2.05) is 24.3 Å². The van der Waals surface area contributed by atoms with E-state index in [9.17, 15) is 9.59 Å². The number of nitrogens with one attached hydrogen (secondary N) is 1. The van der Waals surface area contributed by atoms with Crippen LogP contribution in [0.3, 0.4) is 0 Å². The van der Waals surface area contributed by atoms with E-state index >= 15 is 0 Å². The molecule has 0 aliphatic heterocycles. The molecule has 138 valence electrons. The monoisotopic (exact) mass is 374 g/mol. The molecule has 1 aliphatic rings. The first-order chi connectivity index (χ1) is 12.6. The minimum atomic E-state index is -0.437. The molecule has 1 saturated carbocycles. The van der Waals surface area contributed by atoms with Crippen molar-refractivity contribution < 1.29 is 19.1 Å². The molecular weight excluding hydrogens is 352 g/mol. The van der Waals surface area contributed by atoms with E-state index in [-0.39, 0.29) is 12.5 Å². The van der Waals surface area contributed by atoms with Gasteiger partial charge in [-0.05, 0) is 42.0 Å². The average molecular weight is 374 g/mol. The van der Waals surface area contributed by atoms with Gasteiger partial charge in [-0.3, -0.25) is 9.69 Å². The molecule has 1 heterocycles. The molecule has 2 aromatic rings. The van der Waals surface area contributed by atoms with Crippen molar-refractivity contribution >= 4 is 28.9 Å². The summed E-state index contributed by atoms with van der Waals surface area (Å²) in [6, 6.07) is 10.0. The standard InChI is InChI=1S/C19H22N2O4S/c1-24-15-7-3-13(4-8-15)11-21(14-5-6-14)12-17(22)20-16-9-10-26-18(16)19(23)25-2/h3-4,7-10,14H,5-6,11-12H2,1-2H3,(H,20,22). The summed E-state index contributed by atoms with van der Waals surface area (Å²) in [4.78, 5) is 26.8. The van der Waals surface area contributed by atoms with Crippen LogP contribution in [-0.2, 0) is 16.1 Å². The van der Waals surface area contributed by atoms with Crippen molar-refractivity contribution in [1.29, 1.82) is 0 Å². The fourth-order valence-corrected chi connectivity index (χ4v) is 3.52. The summed E-state index contributed by atoms with van der Waals surface area (Å²) in [5.41, 5.74) is 1.64. The van der Waals surface area contributed by atoms with E-state index in [0.29, 0.717) is 23.2 Å². The SMILES string of the molecule is COC(=O)c1sccc1NC(=O)CN(Cc1ccc(OC)cc1)C1CC1. The van der Waals surface area contributed by atoms with Gasteiger partial charge >= 0.3 is 5.97 Å². The van der Waals surface area contributed by atoms with Gasteiger partial charge in [-0.2, -0.15) is 0 Å². The van der Waals surface area contributed by atoms with E-state index in [0.717, 1.165) is 24.2 Å². The lowest BCUT2D eigenvalue weighted by Gasteiger charge is -2.21. The molecule has 0 unspecified atom stereocenters. The maximum atomic E-state index is 12.5. The molecule has 3 rings (SSSR count). The third-order valence-electron chi connectivity index (χ3n) is 4.26. The molecule has 0 radical (unpaired) electrons. The molecule has 6 nitrogen and oxygen atoms in total. The molecule has 26 heavy (non-hydrogen) atoms. The lowest BCUT2D eigenvalue weighted by atomic mass is 10.2. The lowest BCUT2D eigenvalue weighted by molar-refractivity contribution is -0.117. The normalized spacial score (nSPS) is 13.5. The zero-order valence-electron chi connectivity index (χ0n) is 14.9. The molecule has 1 aromatic carbocycles. The molecule has 7 heteroatoms. The minimum Gasteiger partial charge on any atom is -0.497 e. The van der Waals surface area contributed by atoms with Gasteiger partial charge in [0, 0.05) is 12.6 Å². The van der Waals surface area contributed by atoms with E-state index in [1.165, 1.54) is 18.4 Å². The third kappa shape index (κ3) is 4.62. The molecule has 0 saturated heterocycles. The highest BCUT2D eigenvalue weighted by molar-refractivity contribution is 7.12. The number of amides is 1. The van der Waals surface area contributed by atoms with Crippen molar-refractivity contribution in [3.8, 4) is 5.75 Å². The number of anilines is 1. The van der Waals surface area contributed by atoms with Crippen LogP contribution < -0.4 is 10.1 Å². The number of thiophene rings is 1. The van der Waals surface area contributed by atoms with Gasteiger partial charge in [0.1, 0.15) is 10.6 Å². The Hall–Kier alpha value is -2.38. The Kier molecular flexibility index (Phi) is 5.90. The number of benzene rings is 1. The second kappa shape index (κ2) is 8.33. The van der Waals surface area contributed by atoms with Crippen LogP contribution in [0.25, 0.3) is 0 Å². The zero-order valence-corrected chi connectivity index (χ0v) is 15.7. The van der Waals surface area contributed by atoms with Crippen molar-refractivity contribution in [2.75, 3.05) is 26.1 Å². The molecule has 1 aliphatic carbocycles. The number of methoxy groups -OCH3 is 2. The van der Waals surface area contributed by atoms with Crippen LogP contribution in [-0.4, -0.2) is 43.6 Å². The van der Waals surface area contributed by atoms with E-state index in [4.69, 9.17) is 9.47 Å². The number of carbonyl (C=O) groups is 2. The second-order valence-electron chi connectivity index (χ2n) is 6.19. The van der Waals surface area contributed by atoms with Gasteiger partial charge in [0.15, 0.2) is 0 Å². The Morgan fingerprint density at radius 1 is 1.19 bits per heavy atom. The summed E-state index contributed by atoms with van der Waals surface area (Å²) in [7, 11) is 2.97. The Balaban J connectivity index is 1.62. The van der Waals surface area contributed by atoms with E-state index < -0.39 is 5.97 Å². The average Bonchev–Trinajstić information content (AvgIpc) is 3.41. The van der Waals surface area contributed by atoms with Gasteiger partial charge in [-0.1, -0.05) is 12.1 Å². The van der Waals surface area contributed by atoms with Crippen molar-refractivity contribution in [3.05, 3.63) is 46.2 Å². The van der Waals surface area contributed by atoms with Gasteiger partial charge in [0.05, 0.1) is 26.5 Å². The van der Waals surface area contributed by atoms with Crippen LogP contribution in [0.2, 0.25) is 0 Å². The van der Waals surface area contributed by atoms with Crippen LogP contribution in [0.15, 0.2) is 35.7 Å². The van der Waals surface area contributed by atoms with Gasteiger partial charge in [-0.25, -0.2) is 4.79 Å². The highest BCUT2D eigenvalue weighted by atomic mass is 32.1. The lowest BCUT2D eigenvalue weighted by Crippen LogP contribution is -2.34. The fraction of sp³-hybridized carbons (Fsp3) is 0.368. The van der Waals surface area contributed by atoms with Gasteiger partial charge in [0.25, 0.3) is 0 Å². The summed E-state index contributed by atoms with van der Waals surface area (Å²) >= 11 is 1.25. The molecule has 0 spiro atoms. The number of hydrogen-bond donors (Lipinski definition) is 1. The number of hydrogen-bond acceptors (Lipinski definition) is 6. The van der Waals surface area contributed by atoms with Crippen molar-refractivity contribution in [2.45, 2.75) is 25.4 Å². The number of rotatable bonds is 8. The first kappa shape index (κ1) is 18.4. The van der Waals surface area contributed by atoms with Gasteiger partial charge in [0.2, 0.25) is 5.91 Å². The Bertz CT molecular complexity index is 768. The predicted molar refractivity (Wildman–Crippen MR) is 101 cm³/mol. The number of ether oxygens (including phenoxy) is 2. The fourth-order valence-electron chi connectivity index (χ4n) is 2.75. The Morgan fingerprint density at radius 2 is 1.92 bits per heavy atom. The predicted octanol–water partition coefficient (Wildman–Crippen LogP) is 3.15.